The molecule has 0 aliphatic carbocycles. The largest absolute Gasteiger partial charge is 0.479 e. The molecule has 0 spiro atoms. The number of imidazole rings is 1. The molecular formula is C11H14N6O4. The fourth-order valence-corrected chi connectivity index (χ4v) is 1.90. The minimum atomic E-state index is -1.17. The number of carbonyl (C=O) groups is 1. The van der Waals surface area contributed by atoms with Crippen LogP contribution in [0.4, 0.5) is 11.6 Å². The monoisotopic (exact) mass is 294 g/mol. The smallest absolute Gasteiger partial charge is 0.406 e. The van der Waals surface area contributed by atoms with Crippen molar-refractivity contribution in [1.82, 2.24) is 19.3 Å². The summed E-state index contributed by atoms with van der Waals surface area (Å²) in [6, 6.07) is -1.16. The van der Waals surface area contributed by atoms with E-state index in [1.165, 1.54) is 21.6 Å². The highest BCUT2D eigenvalue weighted by Crippen LogP contribution is 2.28. The average molecular weight is 294 g/mol. The van der Waals surface area contributed by atoms with Gasteiger partial charge in [-0.1, -0.05) is 0 Å². The molecule has 0 radical (unpaired) electrons. The number of hydrogen-bond acceptors (Lipinski definition) is 6. The van der Waals surface area contributed by atoms with Gasteiger partial charge in [-0.15, -0.1) is 0 Å². The highest BCUT2D eigenvalue weighted by Gasteiger charge is 2.29. The SMILES string of the molecule is Cc1nc([N+](=O)[O-])c(NC(C(=O)O)c2cnn(C)c2)n1C. The van der Waals surface area contributed by atoms with Crippen molar-refractivity contribution in [2.75, 3.05) is 5.32 Å². The van der Waals surface area contributed by atoms with Gasteiger partial charge in [-0.25, -0.2) is 4.79 Å². The first kappa shape index (κ1) is 14.5. The number of rotatable bonds is 5. The van der Waals surface area contributed by atoms with Crippen molar-refractivity contribution in [3.05, 3.63) is 33.9 Å². The summed E-state index contributed by atoms with van der Waals surface area (Å²) in [7, 11) is 3.22. The van der Waals surface area contributed by atoms with E-state index in [2.05, 4.69) is 15.4 Å². The van der Waals surface area contributed by atoms with Gasteiger partial charge in [-0.3, -0.25) is 9.25 Å². The Morgan fingerprint density at radius 2 is 2.19 bits per heavy atom. The summed E-state index contributed by atoms with van der Waals surface area (Å²) in [5, 5.41) is 26.9. The van der Waals surface area contributed by atoms with E-state index in [4.69, 9.17) is 0 Å². The number of hydrogen-bond donors (Lipinski definition) is 2. The van der Waals surface area contributed by atoms with Gasteiger partial charge >= 0.3 is 11.8 Å². The number of carboxylic acids is 1. The maximum absolute atomic E-state index is 11.4. The summed E-state index contributed by atoms with van der Waals surface area (Å²) in [6.07, 6.45) is 2.92. The third-order valence-electron chi connectivity index (χ3n) is 3.06. The molecule has 10 heteroatoms. The van der Waals surface area contributed by atoms with Crippen LogP contribution in [0.15, 0.2) is 12.4 Å². The second-order valence-electron chi connectivity index (χ2n) is 4.51. The molecule has 0 saturated carbocycles. The number of nitro groups is 1. The number of anilines is 1. The van der Waals surface area contributed by atoms with Crippen molar-refractivity contribution in [3.8, 4) is 0 Å². The first-order valence-electron chi connectivity index (χ1n) is 5.97. The van der Waals surface area contributed by atoms with Crippen molar-refractivity contribution < 1.29 is 14.8 Å². The Labute approximate surface area is 119 Å². The minimum Gasteiger partial charge on any atom is -0.479 e. The van der Waals surface area contributed by atoms with E-state index < -0.39 is 22.8 Å². The van der Waals surface area contributed by atoms with Gasteiger partial charge in [-0.2, -0.15) is 5.10 Å². The zero-order chi connectivity index (χ0) is 15.7. The minimum absolute atomic E-state index is 0.0359. The Morgan fingerprint density at radius 1 is 1.52 bits per heavy atom. The zero-order valence-corrected chi connectivity index (χ0v) is 11.6. The normalized spacial score (nSPS) is 12.1. The van der Waals surface area contributed by atoms with E-state index in [1.54, 1.807) is 21.0 Å². The van der Waals surface area contributed by atoms with Crippen molar-refractivity contribution in [1.29, 1.82) is 0 Å². The van der Waals surface area contributed by atoms with E-state index in [0.29, 0.717) is 11.4 Å². The van der Waals surface area contributed by atoms with Crippen molar-refractivity contribution in [3.63, 3.8) is 0 Å². The van der Waals surface area contributed by atoms with Crippen LogP contribution < -0.4 is 5.32 Å². The number of aryl methyl sites for hydroxylation is 2. The fraction of sp³-hybridized carbons (Fsp3) is 0.364. The molecule has 112 valence electrons. The van der Waals surface area contributed by atoms with Crippen LogP contribution in [0.1, 0.15) is 17.4 Å². The average Bonchev–Trinajstić information content (AvgIpc) is 2.93. The number of carboxylic acid groups (broad SMARTS) is 1. The second-order valence-corrected chi connectivity index (χ2v) is 4.51. The van der Waals surface area contributed by atoms with E-state index in [9.17, 15) is 20.0 Å². The molecule has 2 N–H and O–H groups in total. The lowest BCUT2D eigenvalue weighted by atomic mass is 10.1. The Kier molecular flexibility index (Phi) is 3.61. The van der Waals surface area contributed by atoms with Crippen LogP contribution in [0.3, 0.4) is 0 Å². The number of aliphatic carboxylic acids is 1. The van der Waals surface area contributed by atoms with E-state index in [-0.39, 0.29) is 5.82 Å². The first-order chi connectivity index (χ1) is 9.81. The number of nitrogens with one attached hydrogen (secondary N) is 1. The molecule has 0 fully saturated rings. The summed E-state index contributed by atoms with van der Waals surface area (Å²) < 4.78 is 2.89. The van der Waals surface area contributed by atoms with Crippen molar-refractivity contribution in [2.24, 2.45) is 14.1 Å². The van der Waals surface area contributed by atoms with Crippen LogP contribution in [-0.2, 0) is 18.9 Å². The van der Waals surface area contributed by atoms with Crippen LogP contribution in [0.2, 0.25) is 0 Å². The van der Waals surface area contributed by atoms with Crippen LogP contribution in [0.25, 0.3) is 0 Å². The Hall–Kier alpha value is -2.91. The molecule has 0 saturated heterocycles. The fourth-order valence-electron chi connectivity index (χ4n) is 1.90. The summed E-state index contributed by atoms with van der Waals surface area (Å²) in [6.45, 7) is 1.60. The lowest BCUT2D eigenvalue weighted by Crippen LogP contribution is -2.22. The Balaban J connectivity index is 2.43. The van der Waals surface area contributed by atoms with Gasteiger partial charge in [0.15, 0.2) is 6.04 Å². The van der Waals surface area contributed by atoms with Gasteiger partial charge in [0.1, 0.15) is 0 Å². The zero-order valence-electron chi connectivity index (χ0n) is 11.6. The van der Waals surface area contributed by atoms with Gasteiger partial charge in [-0.05, 0) is 9.91 Å². The molecule has 10 nitrogen and oxygen atoms in total. The van der Waals surface area contributed by atoms with Gasteiger partial charge < -0.3 is 20.5 Å². The molecule has 0 aliphatic rings. The summed E-state index contributed by atoms with van der Waals surface area (Å²) in [5.41, 5.74) is 0.387. The summed E-state index contributed by atoms with van der Waals surface area (Å²) >= 11 is 0. The van der Waals surface area contributed by atoms with Gasteiger partial charge in [0, 0.05) is 32.8 Å². The third-order valence-corrected chi connectivity index (χ3v) is 3.06. The van der Waals surface area contributed by atoms with Crippen LogP contribution in [-0.4, -0.2) is 35.3 Å². The van der Waals surface area contributed by atoms with Crippen LogP contribution >= 0.6 is 0 Å². The topological polar surface area (TPSA) is 128 Å². The molecule has 1 unspecified atom stereocenters. The van der Waals surface area contributed by atoms with E-state index in [1.807, 2.05) is 0 Å². The summed E-state index contributed by atoms with van der Waals surface area (Å²) in [5.74, 6) is -1.14. The van der Waals surface area contributed by atoms with Crippen molar-refractivity contribution in [2.45, 2.75) is 13.0 Å². The molecule has 0 aliphatic heterocycles. The Bertz CT molecular complexity index is 704. The highest BCUT2D eigenvalue weighted by atomic mass is 16.6. The highest BCUT2D eigenvalue weighted by molar-refractivity contribution is 5.79. The molecule has 0 amide bonds. The molecular weight excluding hydrogens is 280 g/mol. The summed E-state index contributed by atoms with van der Waals surface area (Å²) in [4.78, 5) is 25.6. The van der Waals surface area contributed by atoms with Crippen LogP contribution in [0.5, 0.6) is 0 Å². The van der Waals surface area contributed by atoms with Gasteiger partial charge in [0.2, 0.25) is 11.6 Å². The second kappa shape index (κ2) is 5.23. The quantitative estimate of drug-likeness (QED) is 0.610. The van der Waals surface area contributed by atoms with Crippen LogP contribution in [0, 0.1) is 17.0 Å². The molecule has 2 aromatic heterocycles. The maximum atomic E-state index is 11.4. The van der Waals surface area contributed by atoms with Gasteiger partial charge in [0.05, 0.1) is 6.20 Å². The molecule has 2 rings (SSSR count). The molecule has 0 aromatic carbocycles. The van der Waals surface area contributed by atoms with E-state index in [0.717, 1.165) is 0 Å². The lowest BCUT2D eigenvalue weighted by molar-refractivity contribution is -0.388. The maximum Gasteiger partial charge on any atom is 0.406 e. The van der Waals surface area contributed by atoms with Gasteiger partial charge in [0.25, 0.3) is 0 Å². The lowest BCUT2D eigenvalue weighted by Gasteiger charge is -2.13. The van der Waals surface area contributed by atoms with Crippen molar-refractivity contribution >= 4 is 17.6 Å². The molecule has 21 heavy (non-hydrogen) atoms. The number of aromatic nitrogens is 4. The third kappa shape index (κ3) is 2.68. The Morgan fingerprint density at radius 3 is 2.67 bits per heavy atom. The number of nitrogens with zero attached hydrogens (tertiary/aromatic N) is 5. The standard InChI is InChI=1S/C11H14N6O4/c1-6-13-10(17(20)21)9(16(6)3)14-8(11(18)19)7-4-12-15(2)5-7/h4-5,8,14H,1-3H3,(H,18,19). The molecule has 1 atom stereocenters. The first-order valence-corrected chi connectivity index (χ1v) is 5.97. The molecule has 0 bridgehead atoms. The molecule has 2 heterocycles. The predicted molar refractivity (Wildman–Crippen MR) is 71.8 cm³/mol. The van der Waals surface area contributed by atoms with E-state index >= 15 is 0 Å². The molecule has 2 aromatic rings. The predicted octanol–water partition coefficient (Wildman–Crippen LogP) is 0.608.